The molecule has 2 aliphatic heterocycles. The fraction of sp³-hybridized carbons (Fsp3) is 0.500. The van der Waals surface area contributed by atoms with E-state index in [4.69, 9.17) is 10.5 Å². The van der Waals surface area contributed by atoms with Gasteiger partial charge in [-0.15, -0.1) is 0 Å². The van der Waals surface area contributed by atoms with Gasteiger partial charge >= 0.3 is 12.1 Å². The summed E-state index contributed by atoms with van der Waals surface area (Å²) in [4.78, 5) is 21.7. The summed E-state index contributed by atoms with van der Waals surface area (Å²) in [6.07, 6.45) is 0.661. The Morgan fingerprint density at radius 2 is 1.81 bits per heavy atom. The third-order valence-electron chi connectivity index (χ3n) is 10.1. The van der Waals surface area contributed by atoms with Crippen molar-refractivity contribution in [3.8, 4) is 17.0 Å². The van der Waals surface area contributed by atoms with Crippen molar-refractivity contribution in [3.63, 3.8) is 0 Å². The first-order valence-electron chi connectivity index (χ1n) is 16.2. The van der Waals surface area contributed by atoms with Crippen LogP contribution in [-0.2, 0) is 14.6 Å². The zero-order chi connectivity index (χ0) is 34.3. The number of nitrogens with one attached hydrogen (secondary N) is 1. The number of carbonyl (C=O) groups is 1. The number of ether oxygens (including phenoxy) is 1. The van der Waals surface area contributed by atoms with Crippen molar-refractivity contribution in [2.24, 2.45) is 5.41 Å². The summed E-state index contributed by atoms with van der Waals surface area (Å²) >= 11 is 0. The summed E-state index contributed by atoms with van der Waals surface area (Å²) < 4.78 is 75.4. The van der Waals surface area contributed by atoms with E-state index in [1.165, 1.54) is 30.3 Å². The lowest BCUT2D eigenvalue weighted by Gasteiger charge is -2.39. The van der Waals surface area contributed by atoms with E-state index in [2.05, 4.69) is 15.3 Å². The molecule has 0 unspecified atom stereocenters. The summed E-state index contributed by atoms with van der Waals surface area (Å²) in [7, 11) is -3.63. The highest BCUT2D eigenvalue weighted by atomic mass is 32.2. The Labute approximate surface area is 277 Å². The van der Waals surface area contributed by atoms with E-state index in [-0.39, 0.29) is 39.2 Å². The molecule has 1 saturated carbocycles. The first kappa shape index (κ1) is 34.0. The largest absolute Gasteiger partial charge is 0.480 e. The number of aliphatic carboxylic acids is 1. The average molecular weight is 688 g/mol. The molecule has 2 saturated heterocycles. The first-order chi connectivity index (χ1) is 22.7. The maximum atomic E-state index is 15.0. The van der Waals surface area contributed by atoms with Crippen LogP contribution < -0.4 is 20.7 Å². The number of carboxylic acid groups (broad SMARTS) is 1. The summed E-state index contributed by atoms with van der Waals surface area (Å²) in [5, 5.41) is 12.5. The first-order valence-corrected chi connectivity index (χ1v) is 18.1. The van der Waals surface area contributed by atoms with Crippen LogP contribution in [0.15, 0.2) is 53.4 Å². The molecule has 3 aromatic rings. The minimum atomic E-state index is -4.87. The van der Waals surface area contributed by atoms with Gasteiger partial charge in [-0.1, -0.05) is 49.6 Å². The van der Waals surface area contributed by atoms with Gasteiger partial charge in [0.2, 0.25) is 17.9 Å². The molecule has 3 aliphatic rings. The molecule has 2 atom stereocenters. The number of rotatable bonds is 8. The van der Waals surface area contributed by atoms with Crippen molar-refractivity contribution >= 4 is 27.6 Å². The monoisotopic (exact) mass is 687 g/mol. The highest BCUT2D eigenvalue weighted by Gasteiger charge is 2.46. The van der Waals surface area contributed by atoms with Gasteiger partial charge in [0.05, 0.1) is 4.90 Å². The van der Waals surface area contributed by atoms with Gasteiger partial charge in [0.1, 0.15) is 11.9 Å². The Balaban J connectivity index is 1.33. The second kappa shape index (κ2) is 13.2. The molecule has 10 nitrogen and oxygen atoms in total. The number of nitrogens with zero attached hydrogens (tertiary/aromatic N) is 3. The zero-order valence-corrected chi connectivity index (χ0v) is 27.5. The molecule has 258 valence electrons. The van der Waals surface area contributed by atoms with E-state index in [1.54, 1.807) is 18.2 Å². The van der Waals surface area contributed by atoms with Crippen LogP contribution in [0.4, 0.5) is 24.9 Å². The number of piperidine rings is 1. The van der Waals surface area contributed by atoms with Gasteiger partial charge in [-0.05, 0) is 72.3 Å². The summed E-state index contributed by atoms with van der Waals surface area (Å²) in [6, 6.07) is 11.6. The number of benzene rings is 2. The molecule has 0 amide bonds. The van der Waals surface area contributed by atoms with Gasteiger partial charge < -0.3 is 25.8 Å². The van der Waals surface area contributed by atoms with Crippen LogP contribution in [0, 0.1) is 5.41 Å². The predicted octanol–water partition coefficient (Wildman–Crippen LogP) is 5.89. The normalized spacial score (nSPS) is 20.9. The molecule has 0 bridgehead atoms. The highest BCUT2D eigenvalue weighted by Crippen LogP contribution is 2.45. The standard InChI is InChI=1S/C34H40F3N5O5S/c1-48(45,46)24-9-5-8-23(16-24)26-17-22(21-6-3-2-4-7-21)10-11-25(26)30(34(35,36)37)47-29-18-28(40-32(38)41-29)42-14-12-33(13-15-42)19-27(31(43)44)39-20-33/h5,8-11,16-18,21,27,30,39H,2-4,6-7,12-15,19-20H2,1H3,(H,43,44)(H2,38,40,41)/t27-,30+/m0/s1. The molecule has 6 rings (SSSR count). The molecular weight excluding hydrogens is 647 g/mol. The van der Waals surface area contributed by atoms with Crippen LogP contribution in [0.5, 0.6) is 5.88 Å². The van der Waals surface area contributed by atoms with Gasteiger partial charge in [0, 0.05) is 37.5 Å². The van der Waals surface area contributed by atoms with Gasteiger partial charge in [-0.25, -0.2) is 8.42 Å². The minimum Gasteiger partial charge on any atom is -0.480 e. The molecular formula is C34H40F3N5O5S. The second-order valence-electron chi connectivity index (χ2n) is 13.4. The Bertz CT molecular complexity index is 1770. The summed E-state index contributed by atoms with van der Waals surface area (Å²) in [5.41, 5.74) is 7.12. The lowest BCUT2D eigenvalue weighted by molar-refractivity contribution is -0.198. The maximum Gasteiger partial charge on any atom is 0.429 e. The van der Waals surface area contributed by atoms with Gasteiger partial charge in [0.15, 0.2) is 9.84 Å². The van der Waals surface area contributed by atoms with E-state index >= 15 is 0 Å². The smallest absolute Gasteiger partial charge is 0.429 e. The Morgan fingerprint density at radius 3 is 2.46 bits per heavy atom. The van der Waals surface area contributed by atoms with Crippen LogP contribution in [0.2, 0.25) is 0 Å². The SMILES string of the molecule is CS(=O)(=O)c1cccc(-c2cc(C3CCCCC3)ccc2[C@@H](Oc2cc(N3CCC4(CC3)CN[C@H](C(=O)O)C4)nc(N)n2)C(F)(F)F)c1. The topological polar surface area (TPSA) is 148 Å². The van der Waals surface area contributed by atoms with E-state index in [0.717, 1.165) is 43.9 Å². The fourth-order valence-electron chi connectivity index (χ4n) is 7.40. The Hall–Kier alpha value is -3.91. The number of hydrogen-bond acceptors (Lipinski definition) is 9. The van der Waals surface area contributed by atoms with Crippen LogP contribution in [0.1, 0.15) is 74.5 Å². The molecule has 48 heavy (non-hydrogen) atoms. The molecule has 1 spiro atoms. The van der Waals surface area contributed by atoms with Gasteiger partial charge in [0.25, 0.3) is 0 Å². The van der Waals surface area contributed by atoms with Crippen LogP contribution in [0.3, 0.4) is 0 Å². The third kappa shape index (κ3) is 7.39. The molecule has 14 heteroatoms. The number of hydrogen-bond donors (Lipinski definition) is 3. The Morgan fingerprint density at radius 1 is 1.08 bits per heavy atom. The van der Waals surface area contributed by atoms with Crippen molar-refractivity contribution in [2.75, 3.05) is 36.5 Å². The van der Waals surface area contributed by atoms with Crippen molar-refractivity contribution < 1.29 is 36.2 Å². The molecule has 4 N–H and O–H groups in total. The lowest BCUT2D eigenvalue weighted by Crippen LogP contribution is -2.41. The molecule has 2 aromatic carbocycles. The van der Waals surface area contributed by atoms with Crippen molar-refractivity contribution in [1.29, 1.82) is 0 Å². The molecule has 0 radical (unpaired) electrons. The van der Waals surface area contributed by atoms with Crippen molar-refractivity contribution in [3.05, 3.63) is 59.7 Å². The predicted molar refractivity (Wildman–Crippen MR) is 175 cm³/mol. The van der Waals surface area contributed by atoms with E-state index < -0.39 is 34.1 Å². The number of aromatic nitrogens is 2. The van der Waals surface area contributed by atoms with Crippen LogP contribution in [0.25, 0.3) is 11.1 Å². The highest BCUT2D eigenvalue weighted by molar-refractivity contribution is 7.90. The van der Waals surface area contributed by atoms with Crippen LogP contribution >= 0.6 is 0 Å². The number of sulfone groups is 1. The fourth-order valence-corrected chi connectivity index (χ4v) is 8.07. The number of nitrogen functional groups attached to an aromatic ring is 1. The van der Waals surface area contributed by atoms with E-state index in [9.17, 15) is 31.5 Å². The van der Waals surface area contributed by atoms with Crippen molar-refractivity contribution in [2.45, 2.75) is 80.5 Å². The van der Waals surface area contributed by atoms with Crippen LogP contribution in [-0.4, -0.2) is 67.6 Å². The molecule has 3 heterocycles. The summed E-state index contributed by atoms with van der Waals surface area (Å²) in [5.74, 6) is -0.957. The molecule has 1 aliphatic carbocycles. The third-order valence-corrected chi connectivity index (χ3v) is 11.2. The lowest BCUT2D eigenvalue weighted by atomic mass is 9.76. The van der Waals surface area contributed by atoms with Gasteiger partial charge in [-0.3, -0.25) is 4.79 Å². The summed E-state index contributed by atoms with van der Waals surface area (Å²) in [6.45, 7) is 1.60. The Kier molecular flexibility index (Phi) is 9.33. The minimum absolute atomic E-state index is 0.00175. The molecule has 3 fully saturated rings. The number of carboxylic acids is 1. The maximum absolute atomic E-state index is 15.0. The number of nitrogens with two attached hydrogens (primary N) is 1. The van der Waals surface area contributed by atoms with E-state index in [0.29, 0.717) is 50.3 Å². The average Bonchev–Trinajstić information content (AvgIpc) is 3.47. The molecule has 1 aromatic heterocycles. The second-order valence-corrected chi connectivity index (χ2v) is 15.4. The quantitative estimate of drug-likeness (QED) is 0.262. The van der Waals surface area contributed by atoms with Crippen molar-refractivity contribution in [1.82, 2.24) is 15.3 Å². The van der Waals surface area contributed by atoms with Gasteiger partial charge in [-0.2, -0.15) is 23.1 Å². The number of anilines is 2. The van der Waals surface area contributed by atoms with E-state index in [1.807, 2.05) is 4.90 Å². The number of halogens is 3. The zero-order valence-electron chi connectivity index (χ0n) is 26.7. The number of alkyl halides is 3.